The Hall–Kier alpha value is -1.78. The molecule has 0 fully saturated rings. The van der Waals surface area contributed by atoms with Crippen LogP contribution in [0.4, 0.5) is 0 Å². The van der Waals surface area contributed by atoms with E-state index in [-0.39, 0.29) is 0 Å². The van der Waals surface area contributed by atoms with Gasteiger partial charge in [0.2, 0.25) is 0 Å². The van der Waals surface area contributed by atoms with E-state index < -0.39 is 7.12 Å². The first-order valence-corrected chi connectivity index (χ1v) is 5.47. The Kier molecular flexibility index (Phi) is 7.51. The van der Waals surface area contributed by atoms with Gasteiger partial charge in [-0.3, -0.25) is 0 Å². The van der Waals surface area contributed by atoms with Gasteiger partial charge in [0.1, 0.15) is 5.75 Å². The lowest BCUT2D eigenvalue weighted by Crippen LogP contribution is -2.31. The Bertz CT molecular complexity index is 425. The molecular formula is C14H19BO3. The van der Waals surface area contributed by atoms with Crippen LogP contribution in [-0.2, 0) is 0 Å². The van der Waals surface area contributed by atoms with Crippen LogP contribution in [0.25, 0.3) is 5.57 Å². The van der Waals surface area contributed by atoms with Crippen molar-refractivity contribution in [1.29, 1.82) is 0 Å². The van der Waals surface area contributed by atoms with E-state index in [9.17, 15) is 10.0 Å². The van der Waals surface area contributed by atoms with Crippen LogP contribution in [0.2, 0.25) is 0 Å². The maximum atomic E-state index is 9.22. The molecule has 0 aromatic heterocycles. The lowest BCUT2D eigenvalue weighted by molar-refractivity contribution is 0.403. The summed E-state index contributed by atoms with van der Waals surface area (Å²) in [5.41, 5.74) is 2.16. The molecule has 0 heterocycles. The van der Waals surface area contributed by atoms with E-state index in [0.29, 0.717) is 11.2 Å². The molecule has 3 nitrogen and oxygen atoms in total. The van der Waals surface area contributed by atoms with Gasteiger partial charge in [0.15, 0.2) is 0 Å². The monoisotopic (exact) mass is 246 g/mol. The molecule has 4 heteroatoms. The molecule has 0 aliphatic heterocycles. The number of rotatable bonds is 4. The second kappa shape index (κ2) is 8.34. The molecule has 1 rings (SSSR count). The standard InChI is InChI=1S/C12H15BO3.C2H4/c1-4-9(5-2)10-6-7-12(16-3)11(8-10)13(14)15;1-2/h4-8,14-15H,1H2,2-3H3;1-2H2/b9-5+;. The zero-order valence-electron chi connectivity index (χ0n) is 10.9. The second-order valence-electron chi connectivity index (χ2n) is 3.28. The number of allylic oxidation sites excluding steroid dienone is 3. The normalized spacial score (nSPS) is 10.1. The minimum absolute atomic E-state index is 0.348. The minimum atomic E-state index is -1.54. The van der Waals surface area contributed by atoms with Gasteiger partial charge in [0.05, 0.1) is 7.11 Å². The van der Waals surface area contributed by atoms with Gasteiger partial charge >= 0.3 is 7.12 Å². The van der Waals surface area contributed by atoms with Gasteiger partial charge in [-0.25, -0.2) is 0 Å². The van der Waals surface area contributed by atoms with E-state index in [1.165, 1.54) is 7.11 Å². The first-order valence-electron chi connectivity index (χ1n) is 5.47. The minimum Gasteiger partial charge on any atom is -0.497 e. The largest absolute Gasteiger partial charge is 0.497 e. The highest BCUT2D eigenvalue weighted by molar-refractivity contribution is 6.59. The van der Waals surface area contributed by atoms with Crippen molar-refractivity contribution in [3.63, 3.8) is 0 Å². The molecule has 0 unspecified atom stereocenters. The summed E-state index contributed by atoms with van der Waals surface area (Å²) < 4.78 is 5.04. The Morgan fingerprint density at radius 1 is 1.33 bits per heavy atom. The number of benzene rings is 1. The van der Waals surface area contributed by atoms with Crippen LogP contribution < -0.4 is 10.2 Å². The summed E-state index contributed by atoms with van der Waals surface area (Å²) in [5.74, 6) is 0.457. The third-order valence-corrected chi connectivity index (χ3v) is 2.37. The van der Waals surface area contributed by atoms with Crippen LogP contribution in [0, 0.1) is 0 Å². The molecule has 0 aliphatic carbocycles. The molecule has 0 atom stereocenters. The third-order valence-electron chi connectivity index (χ3n) is 2.37. The van der Waals surface area contributed by atoms with E-state index in [1.54, 1.807) is 18.2 Å². The van der Waals surface area contributed by atoms with Crippen LogP contribution in [-0.4, -0.2) is 24.3 Å². The maximum Gasteiger partial charge on any atom is 0.492 e. The average molecular weight is 246 g/mol. The summed E-state index contributed by atoms with van der Waals surface area (Å²) in [6.07, 6.45) is 3.62. The van der Waals surface area contributed by atoms with Crippen molar-refractivity contribution < 1.29 is 14.8 Å². The summed E-state index contributed by atoms with van der Waals surface area (Å²) in [4.78, 5) is 0. The van der Waals surface area contributed by atoms with E-state index >= 15 is 0 Å². The smallest absolute Gasteiger partial charge is 0.492 e. The van der Waals surface area contributed by atoms with Gasteiger partial charge in [-0.05, 0) is 24.1 Å². The summed E-state index contributed by atoms with van der Waals surface area (Å²) in [5, 5.41) is 18.4. The van der Waals surface area contributed by atoms with Crippen molar-refractivity contribution in [3.05, 3.63) is 55.7 Å². The first-order chi connectivity index (χ1) is 8.63. The Balaban J connectivity index is 0.00000137. The van der Waals surface area contributed by atoms with Crippen molar-refractivity contribution >= 4 is 18.2 Å². The average Bonchev–Trinajstić information content (AvgIpc) is 2.42. The molecule has 1 aromatic rings. The summed E-state index contributed by atoms with van der Waals surface area (Å²) >= 11 is 0. The highest BCUT2D eigenvalue weighted by Gasteiger charge is 2.17. The summed E-state index contributed by atoms with van der Waals surface area (Å²) in [6, 6.07) is 5.24. The molecule has 0 bridgehead atoms. The fourth-order valence-corrected chi connectivity index (χ4v) is 1.52. The summed E-state index contributed by atoms with van der Waals surface area (Å²) in [6.45, 7) is 11.6. The second-order valence-corrected chi connectivity index (χ2v) is 3.28. The predicted molar refractivity (Wildman–Crippen MR) is 77.9 cm³/mol. The Labute approximate surface area is 109 Å². The maximum absolute atomic E-state index is 9.22. The first kappa shape index (κ1) is 16.2. The van der Waals surface area contributed by atoms with Crippen molar-refractivity contribution in [1.82, 2.24) is 0 Å². The lowest BCUT2D eigenvalue weighted by Gasteiger charge is -2.10. The zero-order valence-corrected chi connectivity index (χ0v) is 10.9. The molecule has 18 heavy (non-hydrogen) atoms. The van der Waals surface area contributed by atoms with Crippen LogP contribution in [0.15, 0.2) is 50.1 Å². The number of hydrogen-bond acceptors (Lipinski definition) is 3. The van der Waals surface area contributed by atoms with E-state index in [4.69, 9.17) is 4.74 Å². The fourth-order valence-electron chi connectivity index (χ4n) is 1.52. The van der Waals surface area contributed by atoms with Crippen molar-refractivity contribution in [2.45, 2.75) is 6.92 Å². The highest BCUT2D eigenvalue weighted by atomic mass is 16.5. The molecular weight excluding hydrogens is 227 g/mol. The van der Waals surface area contributed by atoms with E-state index in [1.807, 2.05) is 19.1 Å². The Morgan fingerprint density at radius 2 is 1.94 bits per heavy atom. The van der Waals surface area contributed by atoms with Gasteiger partial charge < -0.3 is 14.8 Å². The van der Waals surface area contributed by atoms with E-state index in [2.05, 4.69) is 19.7 Å². The molecule has 2 N–H and O–H groups in total. The van der Waals surface area contributed by atoms with Crippen LogP contribution in [0.1, 0.15) is 12.5 Å². The van der Waals surface area contributed by atoms with Crippen molar-refractivity contribution in [2.75, 3.05) is 7.11 Å². The molecule has 0 saturated heterocycles. The lowest BCUT2D eigenvalue weighted by atomic mass is 9.78. The molecule has 0 spiro atoms. The molecule has 0 amide bonds. The highest BCUT2D eigenvalue weighted by Crippen LogP contribution is 2.18. The molecule has 0 radical (unpaired) electrons. The number of methoxy groups -OCH3 is 1. The van der Waals surface area contributed by atoms with Gasteiger partial charge in [0, 0.05) is 5.46 Å². The predicted octanol–water partition coefficient (Wildman–Crippen LogP) is 1.77. The Morgan fingerprint density at radius 3 is 2.33 bits per heavy atom. The van der Waals surface area contributed by atoms with Crippen LogP contribution in [0.3, 0.4) is 0 Å². The number of hydrogen-bond donors (Lipinski definition) is 2. The van der Waals surface area contributed by atoms with Gasteiger partial charge in [0.25, 0.3) is 0 Å². The zero-order chi connectivity index (χ0) is 14.1. The van der Waals surface area contributed by atoms with E-state index in [0.717, 1.165) is 11.1 Å². The molecule has 0 aliphatic rings. The number of ether oxygens (including phenoxy) is 1. The molecule has 96 valence electrons. The quantitative estimate of drug-likeness (QED) is 0.483. The SMILES string of the molecule is C=C.C=C/C(=C\C)c1ccc(OC)c(B(O)O)c1. The van der Waals surface area contributed by atoms with Crippen molar-refractivity contribution in [3.8, 4) is 5.75 Å². The van der Waals surface area contributed by atoms with Crippen LogP contribution in [0.5, 0.6) is 5.75 Å². The van der Waals surface area contributed by atoms with Gasteiger partial charge in [-0.2, -0.15) is 0 Å². The summed E-state index contributed by atoms with van der Waals surface area (Å²) in [7, 11) is -0.0527. The van der Waals surface area contributed by atoms with Gasteiger partial charge in [-0.15, -0.1) is 13.2 Å². The fraction of sp³-hybridized carbons (Fsp3) is 0.143. The topological polar surface area (TPSA) is 49.7 Å². The molecule has 1 aromatic carbocycles. The molecule has 0 saturated carbocycles. The van der Waals surface area contributed by atoms with Gasteiger partial charge in [-0.1, -0.05) is 30.9 Å². The van der Waals surface area contributed by atoms with Crippen molar-refractivity contribution in [2.24, 2.45) is 0 Å². The van der Waals surface area contributed by atoms with Crippen LogP contribution >= 0.6 is 0 Å². The third kappa shape index (κ3) is 3.91.